The lowest BCUT2D eigenvalue weighted by Crippen LogP contribution is -2.33. The van der Waals surface area contributed by atoms with E-state index in [9.17, 15) is 13.2 Å². The number of thiophene rings is 1. The van der Waals surface area contributed by atoms with E-state index in [0.717, 1.165) is 27.6 Å². The fourth-order valence-electron chi connectivity index (χ4n) is 4.04. The minimum Gasteiger partial charge on any atom is -0.477 e. The van der Waals surface area contributed by atoms with Crippen molar-refractivity contribution in [3.05, 3.63) is 99.2 Å². The summed E-state index contributed by atoms with van der Waals surface area (Å²) in [6.45, 7) is 0.734. The van der Waals surface area contributed by atoms with Crippen LogP contribution in [-0.2, 0) is 22.9 Å². The number of carboxylic acids is 1. The van der Waals surface area contributed by atoms with Crippen LogP contribution in [0.1, 0.15) is 33.0 Å². The van der Waals surface area contributed by atoms with Crippen molar-refractivity contribution in [1.82, 2.24) is 4.31 Å². The van der Waals surface area contributed by atoms with Gasteiger partial charge in [0.25, 0.3) is 0 Å². The van der Waals surface area contributed by atoms with Gasteiger partial charge in [-0.15, -0.1) is 11.3 Å². The first-order chi connectivity index (χ1) is 16.8. The molecule has 4 aromatic rings. The second kappa shape index (κ2) is 11.4. The van der Waals surface area contributed by atoms with Crippen molar-refractivity contribution >= 4 is 49.7 Å². The molecule has 8 heteroatoms. The first kappa shape index (κ1) is 25.4. The van der Waals surface area contributed by atoms with Crippen LogP contribution in [0, 0.1) is 0 Å². The van der Waals surface area contributed by atoms with Crippen molar-refractivity contribution in [1.29, 1.82) is 0 Å². The Bertz CT molecular complexity index is 1430. The molecule has 0 aliphatic heterocycles. The molecule has 0 bridgehead atoms. The number of rotatable bonds is 11. The van der Waals surface area contributed by atoms with Crippen LogP contribution in [-0.4, -0.2) is 36.9 Å². The topological polar surface area (TPSA) is 74.7 Å². The average Bonchev–Trinajstić information content (AvgIpc) is 3.32. The minimum absolute atomic E-state index is 0.281. The van der Waals surface area contributed by atoms with Crippen LogP contribution < -0.4 is 0 Å². The Morgan fingerprint density at radius 2 is 1.60 bits per heavy atom. The van der Waals surface area contributed by atoms with Crippen LogP contribution in [0.5, 0.6) is 0 Å². The maximum Gasteiger partial charge on any atom is 0.345 e. The van der Waals surface area contributed by atoms with Crippen LogP contribution >= 0.6 is 22.9 Å². The lowest BCUT2D eigenvalue weighted by atomic mass is 10.1. The highest BCUT2D eigenvalue weighted by Crippen LogP contribution is 2.24. The molecule has 1 N–H and O–H groups in total. The van der Waals surface area contributed by atoms with E-state index in [4.69, 9.17) is 16.7 Å². The second-order valence-corrected chi connectivity index (χ2v) is 11.9. The molecule has 182 valence electrons. The maximum absolute atomic E-state index is 13.6. The summed E-state index contributed by atoms with van der Waals surface area (Å²) in [6.07, 6.45) is 2.60. The number of sulfonamides is 1. The van der Waals surface area contributed by atoms with Gasteiger partial charge in [-0.2, -0.15) is 4.31 Å². The highest BCUT2D eigenvalue weighted by atomic mass is 35.5. The zero-order valence-electron chi connectivity index (χ0n) is 19.1. The van der Waals surface area contributed by atoms with Crippen LogP contribution in [0.25, 0.3) is 10.8 Å². The fourth-order valence-corrected chi connectivity index (χ4v) is 6.69. The number of fused-ring (bicyclic) bond motifs is 1. The average molecular weight is 528 g/mol. The Kier molecular flexibility index (Phi) is 8.23. The third-order valence-electron chi connectivity index (χ3n) is 5.82. The van der Waals surface area contributed by atoms with Gasteiger partial charge in [-0.3, -0.25) is 0 Å². The van der Waals surface area contributed by atoms with Crippen molar-refractivity contribution in [2.75, 3.05) is 13.1 Å². The van der Waals surface area contributed by atoms with Gasteiger partial charge in [0, 0.05) is 23.0 Å². The summed E-state index contributed by atoms with van der Waals surface area (Å²) in [5.41, 5.74) is 1.07. The molecule has 0 atom stereocenters. The molecule has 0 amide bonds. The lowest BCUT2D eigenvalue weighted by Gasteiger charge is -2.22. The minimum atomic E-state index is -3.70. The number of nitrogens with zero attached hydrogens (tertiary/aromatic N) is 1. The molecule has 35 heavy (non-hydrogen) atoms. The maximum atomic E-state index is 13.6. The summed E-state index contributed by atoms with van der Waals surface area (Å²) >= 11 is 7.33. The van der Waals surface area contributed by atoms with Gasteiger partial charge >= 0.3 is 5.97 Å². The van der Waals surface area contributed by atoms with E-state index in [1.165, 1.54) is 11.3 Å². The normalized spacial score (nSPS) is 11.8. The number of aryl methyl sites for hydroxylation is 2. The third kappa shape index (κ3) is 6.49. The molecule has 0 fully saturated rings. The van der Waals surface area contributed by atoms with E-state index in [1.807, 2.05) is 54.6 Å². The smallest absolute Gasteiger partial charge is 0.345 e. The summed E-state index contributed by atoms with van der Waals surface area (Å²) in [6, 6.07) is 23.9. The Morgan fingerprint density at radius 1 is 0.857 bits per heavy atom. The summed E-state index contributed by atoms with van der Waals surface area (Å²) in [5.74, 6) is -0.942. The predicted octanol–water partition coefficient (Wildman–Crippen LogP) is 6.51. The van der Waals surface area contributed by atoms with Crippen molar-refractivity contribution in [3.8, 4) is 0 Å². The van der Waals surface area contributed by atoms with Gasteiger partial charge in [0.2, 0.25) is 10.0 Å². The Hall–Kier alpha value is -2.71. The Balaban J connectivity index is 1.50. The number of hydrogen-bond donors (Lipinski definition) is 1. The molecule has 0 aliphatic rings. The zero-order valence-corrected chi connectivity index (χ0v) is 21.5. The number of benzene rings is 3. The van der Waals surface area contributed by atoms with Gasteiger partial charge in [0.05, 0.1) is 4.90 Å². The zero-order chi connectivity index (χ0) is 24.8. The third-order valence-corrected chi connectivity index (χ3v) is 9.09. The first-order valence-electron chi connectivity index (χ1n) is 11.4. The number of hydrogen-bond acceptors (Lipinski definition) is 4. The summed E-state index contributed by atoms with van der Waals surface area (Å²) in [5, 5.41) is 11.7. The molecule has 0 saturated carbocycles. The van der Waals surface area contributed by atoms with E-state index >= 15 is 0 Å². The molecule has 0 radical (unpaired) electrons. The van der Waals surface area contributed by atoms with Crippen molar-refractivity contribution in [3.63, 3.8) is 0 Å². The van der Waals surface area contributed by atoms with Gasteiger partial charge in [-0.05, 0) is 78.4 Å². The molecule has 0 saturated heterocycles. The van der Waals surface area contributed by atoms with E-state index < -0.39 is 16.0 Å². The van der Waals surface area contributed by atoms with Crippen molar-refractivity contribution in [2.45, 2.75) is 30.6 Å². The second-order valence-electron chi connectivity index (χ2n) is 8.32. The summed E-state index contributed by atoms with van der Waals surface area (Å²) in [7, 11) is -3.70. The monoisotopic (exact) mass is 527 g/mol. The van der Waals surface area contributed by atoms with Crippen molar-refractivity contribution in [2.24, 2.45) is 0 Å². The number of halogens is 1. The number of aromatic carboxylic acids is 1. The van der Waals surface area contributed by atoms with Gasteiger partial charge in [0.15, 0.2) is 0 Å². The molecule has 1 aromatic heterocycles. The van der Waals surface area contributed by atoms with E-state index in [-0.39, 0.29) is 4.90 Å². The Morgan fingerprint density at radius 3 is 2.31 bits per heavy atom. The molecule has 3 aromatic carbocycles. The molecular weight excluding hydrogens is 502 g/mol. The number of carboxylic acid groups (broad SMARTS) is 1. The van der Waals surface area contributed by atoms with Crippen LogP contribution in [0.2, 0.25) is 5.02 Å². The SMILES string of the molecule is O=C(O)c1ccc(CCCN(CCCc2cccc(Cl)c2)S(=O)(=O)c2ccc3ccccc3c2)s1. The molecule has 0 spiro atoms. The molecular formula is C27H26ClNO4S2. The fraction of sp³-hybridized carbons (Fsp3) is 0.222. The number of carbonyl (C=O) groups is 1. The predicted molar refractivity (Wildman–Crippen MR) is 142 cm³/mol. The summed E-state index contributed by atoms with van der Waals surface area (Å²) in [4.78, 5) is 12.7. The summed E-state index contributed by atoms with van der Waals surface area (Å²) < 4.78 is 28.8. The molecule has 1 heterocycles. The molecule has 0 aliphatic carbocycles. The van der Waals surface area contributed by atoms with Crippen LogP contribution in [0.3, 0.4) is 0 Å². The largest absolute Gasteiger partial charge is 0.477 e. The van der Waals surface area contributed by atoms with Crippen molar-refractivity contribution < 1.29 is 18.3 Å². The molecule has 0 unspecified atom stereocenters. The highest BCUT2D eigenvalue weighted by Gasteiger charge is 2.24. The van der Waals surface area contributed by atoms with Crippen LogP contribution in [0.4, 0.5) is 0 Å². The standard InChI is InChI=1S/C27H26ClNO4S2/c28-23-10-3-6-20(18-23)7-4-16-29(17-5-11-24-13-15-26(34-24)27(30)31)35(32,33)25-14-12-21-8-1-2-9-22(21)19-25/h1-3,6,8-10,12-15,18-19H,4-5,7,11,16-17H2,(H,30,31). The molecule has 4 rings (SSSR count). The Labute approximate surface area is 214 Å². The first-order valence-corrected chi connectivity index (χ1v) is 14.0. The van der Waals surface area contributed by atoms with Gasteiger partial charge in [0.1, 0.15) is 4.88 Å². The van der Waals surface area contributed by atoms with E-state index in [1.54, 1.807) is 28.6 Å². The van der Waals surface area contributed by atoms with Gasteiger partial charge < -0.3 is 5.11 Å². The van der Waals surface area contributed by atoms with E-state index in [0.29, 0.717) is 42.3 Å². The van der Waals surface area contributed by atoms with Crippen LogP contribution in [0.15, 0.2) is 83.8 Å². The lowest BCUT2D eigenvalue weighted by molar-refractivity contribution is 0.0702. The van der Waals surface area contributed by atoms with Gasteiger partial charge in [-0.1, -0.05) is 54.1 Å². The van der Waals surface area contributed by atoms with E-state index in [2.05, 4.69) is 0 Å². The highest BCUT2D eigenvalue weighted by molar-refractivity contribution is 7.89. The van der Waals surface area contributed by atoms with Gasteiger partial charge in [-0.25, -0.2) is 13.2 Å². The molecule has 5 nitrogen and oxygen atoms in total. The quantitative estimate of drug-likeness (QED) is 0.241.